The van der Waals surface area contributed by atoms with Gasteiger partial charge in [0.1, 0.15) is 24.4 Å². The molecule has 1 unspecified atom stereocenters. The Bertz CT molecular complexity index is 1580. The van der Waals surface area contributed by atoms with Gasteiger partial charge in [-0.2, -0.15) is 5.10 Å². The smallest absolute Gasteiger partial charge is 0.325 e. The molecule has 1 fully saturated rings. The highest BCUT2D eigenvalue weighted by molar-refractivity contribution is 6.10. The molecule has 1 N–H and O–H groups in total. The first-order valence-corrected chi connectivity index (χ1v) is 13.7. The fourth-order valence-corrected chi connectivity index (χ4v) is 6.03. The lowest BCUT2D eigenvalue weighted by Crippen LogP contribution is -2.44. The number of halogens is 1. The standard InChI is InChI=1S/C30H31FN6O4/c1-34(2)26(38)17-36-16-23(14-32-36)20-6-8-25-21(12-20)9-10-30(25)28(40)37(29(41)33-30)18-27(39)35-11-3-4-19-13-24(31)7-5-22(19)15-35/h5-8,12-14,16H,3-4,9-11,15,17-18H2,1-2H3,(H,33,41). The van der Waals surface area contributed by atoms with Crippen LogP contribution in [0.1, 0.15) is 35.1 Å². The number of carbonyl (C=O) groups is 4. The van der Waals surface area contributed by atoms with E-state index in [0.717, 1.165) is 38.3 Å². The Morgan fingerprint density at radius 3 is 2.66 bits per heavy atom. The van der Waals surface area contributed by atoms with Crippen molar-refractivity contribution in [3.05, 3.63) is 76.9 Å². The number of rotatable bonds is 5. The van der Waals surface area contributed by atoms with Crippen LogP contribution in [0.5, 0.6) is 0 Å². The van der Waals surface area contributed by atoms with Gasteiger partial charge in [-0.15, -0.1) is 0 Å². The van der Waals surface area contributed by atoms with Gasteiger partial charge in [-0.25, -0.2) is 9.18 Å². The summed E-state index contributed by atoms with van der Waals surface area (Å²) in [6.07, 6.45) is 5.83. The summed E-state index contributed by atoms with van der Waals surface area (Å²) in [5, 5.41) is 7.19. The Hall–Kier alpha value is -4.54. The van der Waals surface area contributed by atoms with E-state index in [-0.39, 0.29) is 30.7 Å². The highest BCUT2D eigenvalue weighted by Crippen LogP contribution is 2.42. The molecule has 2 aromatic carbocycles. The van der Waals surface area contributed by atoms with E-state index in [0.29, 0.717) is 38.8 Å². The second-order valence-electron chi connectivity index (χ2n) is 11.1. The van der Waals surface area contributed by atoms with Crippen molar-refractivity contribution in [3.8, 4) is 11.1 Å². The molecule has 212 valence electrons. The highest BCUT2D eigenvalue weighted by atomic mass is 19.1. The maximum absolute atomic E-state index is 13.7. The summed E-state index contributed by atoms with van der Waals surface area (Å²) < 4.78 is 15.3. The lowest BCUT2D eigenvalue weighted by Gasteiger charge is -2.25. The van der Waals surface area contributed by atoms with Gasteiger partial charge >= 0.3 is 6.03 Å². The minimum atomic E-state index is -1.20. The molecule has 1 saturated heterocycles. The molecule has 1 atom stereocenters. The normalized spacial score (nSPS) is 19.7. The van der Waals surface area contributed by atoms with E-state index >= 15 is 0 Å². The van der Waals surface area contributed by atoms with E-state index in [9.17, 15) is 23.6 Å². The first-order valence-electron chi connectivity index (χ1n) is 13.7. The first-order chi connectivity index (χ1) is 19.6. The van der Waals surface area contributed by atoms with Crippen LogP contribution in [-0.2, 0) is 45.9 Å². The van der Waals surface area contributed by atoms with E-state index in [1.807, 2.05) is 18.2 Å². The Morgan fingerprint density at radius 2 is 1.85 bits per heavy atom. The van der Waals surface area contributed by atoms with Crippen LogP contribution in [0.3, 0.4) is 0 Å². The molecule has 2 aliphatic heterocycles. The van der Waals surface area contributed by atoms with Gasteiger partial charge in [0, 0.05) is 38.9 Å². The number of likely N-dealkylation sites (N-methyl/N-ethyl adjacent to an activating group) is 1. The number of aryl methyl sites for hydroxylation is 2. The maximum Gasteiger partial charge on any atom is 0.325 e. The molecule has 10 nitrogen and oxygen atoms in total. The summed E-state index contributed by atoms with van der Waals surface area (Å²) in [7, 11) is 3.39. The zero-order chi connectivity index (χ0) is 28.9. The predicted molar refractivity (Wildman–Crippen MR) is 147 cm³/mol. The summed E-state index contributed by atoms with van der Waals surface area (Å²) >= 11 is 0. The van der Waals surface area contributed by atoms with Crippen LogP contribution in [0.15, 0.2) is 48.8 Å². The van der Waals surface area contributed by atoms with E-state index < -0.39 is 17.5 Å². The Labute approximate surface area is 236 Å². The largest absolute Gasteiger partial charge is 0.347 e. The van der Waals surface area contributed by atoms with E-state index in [2.05, 4.69) is 10.4 Å². The molecule has 3 aromatic rings. The molecule has 0 bridgehead atoms. The highest BCUT2D eigenvalue weighted by Gasteiger charge is 2.55. The molecule has 3 heterocycles. The molecule has 11 heteroatoms. The van der Waals surface area contributed by atoms with Crippen molar-refractivity contribution in [2.45, 2.75) is 44.3 Å². The van der Waals surface area contributed by atoms with Crippen molar-refractivity contribution in [2.75, 3.05) is 27.2 Å². The fourth-order valence-electron chi connectivity index (χ4n) is 6.03. The van der Waals surface area contributed by atoms with Crippen molar-refractivity contribution in [3.63, 3.8) is 0 Å². The molecule has 1 spiro atoms. The van der Waals surface area contributed by atoms with Gasteiger partial charge in [-0.3, -0.25) is 24.0 Å². The summed E-state index contributed by atoms with van der Waals surface area (Å²) in [5.74, 6) is -1.11. The average Bonchev–Trinajstić information content (AvgIpc) is 3.57. The molecule has 1 aromatic heterocycles. The van der Waals surface area contributed by atoms with Crippen LogP contribution in [-0.4, -0.2) is 75.4 Å². The number of nitrogens with one attached hydrogen (secondary N) is 1. The van der Waals surface area contributed by atoms with E-state index in [1.165, 1.54) is 17.0 Å². The summed E-state index contributed by atoms with van der Waals surface area (Å²) in [6, 6.07) is 9.73. The SMILES string of the molecule is CN(C)C(=O)Cn1cc(-c2ccc3c(c2)CCC32NC(=O)N(CC(=O)N3CCCc4cc(F)ccc4C3)C2=O)cn1. The Balaban J connectivity index is 1.18. The predicted octanol–water partition coefficient (Wildman–Crippen LogP) is 2.45. The summed E-state index contributed by atoms with van der Waals surface area (Å²) in [4.78, 5) is 56.2. The quantitative estimate of drug-likeness (QED) is 0.484. The topological polar surface area (TPSA) is 108 Å². The molecule has 1 aliphatic carbocycles. The minimum Gasteiger partial charge on any atom is -0.347 e. The maximum atomic E-state index is 13.7. The zero-order valence-electron chi connectivity index (χ0n) is 23.0. The number of urea groups is 1. The van der Waals surface area contributed by atoms with Crippen LogP contribution in [0.4, 0.5) is 9.18 Å². The number of aromatic nitrogens is 2. The molecule has 41 heavy (non-hydrogen) atoms. The van der Waals surface area contributed by atoms with Gasteiger partial charge < -0.3 is 15.1 Å². The second-order valence-corrected chi connectivity index (χ2v) is 11.1. The van der Waals surface area contributed by atoms with Crippen molar-refractivity contribution in [1.29, 1.82) is 0 Å². The first kappa shape index (κ1) is 26.7. The number of nitrogens with zero attached hydrogens (tertiary/aromatic N) is 5. The van der Waals surface area contributed by atoms with Gasteiger partial charge in [0.25, 0.3) is 5.91 Å². The van der Waals surface area contributed by atoms with Crippen LogP contribution >= 0.6 is 0 Å². The number of benzene rings is 2. The number of fused-ring (bicyclic) bond motifs is 3. The van der Waals surface area contributed by atoms with Crippen molar-refractivity contribution >= 4 is 23.8 Å². The second kappa shape index (κ2) is 10.1. The molecular weight excluding hydrogens is 527 g/mol. The Kier molecular flexibility index (Phi) is 6.59. The van der Waals surface area contributed by atoms with Crippen LogP contribution in [0, 0.1) is 5.82 Å². The Morgan fingerprint density at radius 1 is 1.02 bits per heavy atom. The van der Waals surface area contributed by atoms with Crippen LogP contribution in [0.2, 0.25) is 0 Å². The molecule has 0 saturated carbocycles. The van der Waals surface area contributed by atoms with Crippen LogP contribution < -0.4 is 5.32 Å². The third-order valence-corrected chi connectivity index (χ3v) is 8.32. The number of amides is 5. The molecular formula is C30H31FN6O4. The molecule has 6 rings (SSSR count). The third-order valence-electron chi connectivity index (χ3n) is 8.32. The van der Waals surface area contributed by atoms with Crippen molar-refractivity contribution in [1.82, 2.24) is 29.8 Å². The monoisotopic (exact) mass is 558 g/mol. The van der Waals surface area contributed by atoms with Gasteiger partial charge in [-0.1, -0.05) is 24.3 Å². The number of carbonyl (C=O) groups excluding carboxylic acids is 4. The summed E-state index contributed by atoms with van der Waals surface area (Å²) in [5.41, 5.74) is 3.97. The van der Waals surface area contributed by atoms with Gasteiger partial charge in [0.2, 0.25) is 11.8 Å². The lowest BCUT2D eigenvalue weighted by molar-refractivity contribution is -0.139. The van der Waals surface area contributed by atoms with Gasteiger partial charge in [0.15, 0.2) is 0 Å². The number of imide groups is 1. The lowest BCUT2D eigenvalue weighted by atomic mass is 9.90. The fraction of sp³-hybridized carbons (Fsp3) is 0.367. The minimum absolute atomic E-state index is 0.0647. The third kappa shape index (κ3) is 4.75. The van der Waals surface area contributed by atoms with E-state index in [4.69, 9.17) is 0 Å². The van der Waals surface area contributed by atoms with E-state index in [1.54, 1.807) is 42.1 Å². The zero-order valence-corrected chi connectivity index (χ0v) is 23.0. The molecule has 3 aliphatic rings. The number of hydrogen-bond donors (Lipinski definition) is 1. The van der Waals surface area contributed by atoms with Crippen LogP contribution in [0.25, 0.3) is 11.1 Å². The average molecular weight is 559 g/mol. The summed E-state index contributed by atoms with van der Waals surface area (Å²) in [6.45, 7) is 0.573. The number of hydrogen-bond acceptors (Lipinski definition) is 5. The van der Waals surface area contributed by atoms with Crippen molar-refractivity contribution in [2.24, 2.45) is 0 Å². The van der Waals surface area contributed by atoms with Gasteiger partial charge in [0.05, 0.1) is 6.20 Å². The molecule has 5 amide bonds. The van der Waals surface area contributed by atoms with Gasteiger partial charge in [-0.05, 0) is 65.6 Å². The molecule has 0 radical (unpaired) electrons. The van der Waals surface area contributed by atoms with Crippen molar-refractivity contribution < 1.29 is 23.6 Å².